The van der Waals surface area contributed by atoms with E-state index in [1.54, 1.807) is 5.01 Å². The number of nitrogens with one attached hydrogen (secondary N) is 1. The van der Waals surface area contributed by atoms with Gasteiger partial charge < -0.3 is 0 Å². The molecule has 0 radical (unpaired) electrons. The molecule has 0 aliphatic rings. The van der Waals surface area contributed by atoms with Gasteiger partial charge in [0.25, 0.3) is 0 Å². The molecule has 1 N–H and O–H groups in total. The lowest BCUT2D eigenvalue weighted by molar-refractivity contribution is -0.0909. The van der Waals surface area contributed by atoms with E-state index >= 15 is 0 Å². The van der Waals surface area contributed by atoms with Crippen LogP contribution >= 0.6 is 0 Å². The maximum Gasteiger partial charge on any atom is 0.0750 e. The highest BCUT2D eigenvalue weighted by molar-refractivity contribution is 4.28. The number of nitrogens with zero attached hydrogens (tertiary/aromatic N) is 1. The van der Waals surface area contributed by atoms with Crippen LogP contribution in [0.25, 0.3) is 0 Å². The Labute approximate surface area is 50.5 Å². The second kappa shape index (κ2) is 3.83. The largest absolute Gasteiger partial charge is 0.284 e. The fourth-order valence-corrected chi connectivity index (χ4v) is 0.211. The summed E-state index contributed by atoms with van der Waals surface area (Å²) in [6, 6.07) is 0. The molecule has 8 heavy (non-hydrogen) atoms. The SMILES string of the molecule is CC(C)ONN(C)C. The lowest BCUT2D eigenvalue weighted by Gasteiger charge is -2.13. The van der Waals surface area contributed by atoms with Gasteiger partial charge in [-0.2, -0.15) is 0 Å². The van der Waals surface area contributed by atoms with Gasteiger partial charge in [-0.3, -0.25) is 4.84 Å². The van der Waals surface area contributed by atoms with E-state index in [0.717, 1.165) is 0 Å². The van der Waals surface area contributed by atoms with Gasteiger partial charge in [-0.25, -0.2) is 5.01 Å². The molecule has 0 aromatic heterocycles. The molecule has 0 spiro atoms. The first-order valence-corrected chi connectivity index (χ1v) is 2.71. The van der Waals surface area contributed by atoms with E-state index in [1.807, 2.05) is 27.9 Å². The second-order valence-electron chi connectivity index (χ2n) is 2.15. The van der Waals surface area contributed by atoms with Gasteiger partial charge in [0.1, 0.15) is 0 Å². The van der Waals surface area contributed by atoms with Crippen LogP contribution in [0, 0.1) is 0 Å². The summed E-state index contributed by atoms with van der Waals surface area (Å²) in [6.07, 6.45) is 0.234. The molecule has 0 amide bonds. The van der Waals surface area contributed by atoms with E-state index in [-0.39, 0.29) is 6.10 Å². The van der Waals surface area contributed by atoms with Crippen LogP contribution in [0.2, 0.25) is 0 Å². The molecule has 0 bridgehead atoms. The Morgan fingerprint density at radius 1 is 1.38 bits per heavy atom. The highest BCUT2D eigenvalue weighted by Gasteiger charge is 1.90. The highest BCUT2D eigenvalue weighted by atomic mass is 16.7. The lowest BCUT2D eigenvalue weighted by atomic mass is 10.5. The van der Waals surface area contributed by atoms with E-state index in [9.17, 15) is 0 Å². The van der Waals surface area contributed by atoms with Crippen molar-refractivity contribution < 1.29 is 4.84 Å². The minimum atomic E-state index is 0.234. The van der Waals surface area contributed by atoms with Crippen molar-refractivity contribution in [3.63, 3.8) is 0 Å². The van der Waals surface area contributed by atoms with Gasteiger partial charge in [-0.15, -0.1) is 5.59 Å². The Bertz CT molecular complexity index is 46.4. The molecule has 0 heterocycles. The zero-order valence-corrected chi connectivity index (χ0v) is 5.93. The maximum atomic E-state index is 4.98. The van der Waals surface area contributed by atoms with Crippen molar-refractivity contribution in [1.29, 1.82) is 0 Å². The van der Waals surface area contributed by atoms with Crippen LogP contribution in [-0.4, -0.2) is 25.2 Å². The molecule has 0 aromatic carbocycles. The predicted octanol–water partition coefficient (Wildman–Crippen LogP) is 0.393. The Morgan fingerprint density at radius 3 is 2.00 bits per heavy atom. The first-order valence-electron chi connectivity index (χ1n) is 2.71. The van der Waals surface area contributed by atoms with E-state index in [2.05, 4.69) is 5.59 Å². The predicted molar refractivity (Wildman–Crippen MR) is 33.0 cm³/mol. The minimum Gasteiger partial charge on any atom is -0.284 e. The van der Waals surface area contributed by atoms with Crippen LogP contribution < -0.4 is 5.59 Å². The van der Waals surface area contributed by atoms with Crippen LogP contribution in [0.1, 0.15) is 13.8 Å². The van der Waals surface area contributed by atoms with Gasteiger partial charge in [0.2, 0.25) is 0 Å². The van der Waals surface area contributed by atoms with E-state index < -0.39 is 0 Å². The third kappa shape index (κ3) is 5.88. The van der Waals surface area contributed by atoms with Crippen molar-refractivity contribution in [2.75, 3.05) is 14.1 Å². The quantitative estimate of drug-likeness (QED) is 0.543. The minimum absolute atomic E-state index is 0.234. The Morgan fingerprint density at radius 2 is 1.88 bits per heavy atom. The maximum absolute atomic E-state index is 4.98. The van der Waals surface area contributed by atoms with Crippen molar-refractivity contribution in [2.24, 2.45) is 0 Å². The van der Waals surface area contributed by atoms with Gasteiger partial charge in [-0.1, -0.05) is 0 Å². The molecule has 0 saturated carbocycles. The molecular formula is C5H14N2O. The monoisotopic (exact) mass is 118 g/mol. The summed E-state index contributed by atoms with van der Waals surface area (Å²) < 4.78 is 0. The van der Waals surface area contributed by atoms with Gasteiger partial charge in [-0.05, 0) is 13.8 Å². The van der Waals surface area contributed by atoms with Gasteiger partial charge in [0, 0.05) is 14.1 Å². The number of hydrazine groups is 1. The molecule has 0 aliphatic carbocycles. The smallest absolute Gasteiger partial charge is 0.0750 e. The molecule has 0 rings (SSSR count). The molecule has 0 aromatic rings. The lowest BCUT2D eigenvalue weighted by Crippen LogP contribution is -2.32. The highest BCUT2D eigenvalue weighted by Crippen LogP contribution is 1.80. The third-order valence-corrected chi connectivity index (χ3v) is 0.471. The molecule has 50 valence electrons. The van der Waals surface area contributed by atoms with Crippen LogP contribution in [0.5, 0.6) is 0 Å². The number of hydrogen-bond acceptors (Lipinski definition) is 3. The summed E-state index contributed by atoms with van der Waals surface area (Å²) in [6.45, 7) is 3.94. The van der Waals surface area contributed by atoms with Crippen molar-refractivity contribution in [1.82, 2.24) is 10.6 Å². The van der Waals surface area contributed by atoms with E-state index in [4.69, 9.17) is 4.84 Å². The summed E-state index contributed by atoms with van der Waals surface area (Å²) >= 11 is 0. The first-order chi connectivity index (χ1) is 3.63. The molecule has 3 nitrogen and oxygen atoms in total. The van der Waals surface area contributed by atoms with Crippen LogP contribution in [0.4, 0.5) is 0 Å². The third-order valence-electron chi connectivity index (χ3n) is 0.471. The van der Waals surface area contributed by atoms with Gasteiger partial charge in [0.05, 0.1) is 6.10 Å². The zero-order chi connectivity index (χ0) is 6.57. The van der Waals surface area contributed by atoms with Crippen LogP contribution in [0.3, 0.4) is 0 Å². The van der Waals surface area contributed by atoms with Crippen molar-refractivity contribution >= 4 is 0 Å². The molecule has 0 atom stereocenters. The zero-order valence-electron chi connectivity index (χ0n) is 5.93. The molecule has 0 fully saturated rings. The van der Waals surface area contributed by atoms with E-state index in [1.165, 1.54) is 0 Å². The molecule has 0 aliphatic heterocycles. The fourth-order valence-electron chi connectivity index (χ4n) is 0.211. The van der Waals surface area contributed by atoms with Crippen molar-refractivity contribution in [3.8, 4) is 0 Å². The summed E-state index contributed by atoms with van der Waals surface area (Å²) in [5.41, 5.74) is 2.68. The Hall–Kier alpha value is -0.120. The second-order valence-corrected chi connectivity index (χ2v) is 2.15. The molecule has 0 unspecified atom stereocenters. The van der Waals surface area contributed by atoms with Crippen LogP contribution in [0.15, 0.2) is 0 Å². The average molecular weight is 118 g/mol. The fraction of sp³-hybridized carbons (Fsp3) is 1.00. The molecule has 3 heteroatoms. The number of rotatable bonds is 3. The number of hydrogen-bond donors (Lipinski definition) is 1. The summed E-state index contributed by atoms with van der Waals surface area (Å²) in [5, 5.41) is 1.75. The Balaban J connectivity index is 2.93. The Kier molecular flexibility index (Phi) is 3.77. The standard InChI is InChI=1S/C5H14N2O/c1-5(2)8-6-7(3)4/h5-6H,1-4H3. The van der Waals surface area contributed by atoms with Crippen molar-refractivity contribution in [2.45, 2.75) is 20.0 Å². The normalized spacial score (nSPS) is 11.2. The topological polar surface area (TPSA) is 24.5 Å². The van der Waals surface area contributed by atoms with Crippen molar-refractivity contribution in [3.05, 3.63) is 0 Å². The summed E-state index contributed by atoms with van der Waals surface area (Å²) in [7, 11) is 3.75. The first kappa shape index (κ1) is 7.88. The van der Waals surface area contributed by atoms with Gasteiger partial charge in [0.15, 0.2) is 0 Å². The molecular weight excluding hydrogens is 104 g/mol. The summed E-state index contributed by atoms with van der Waals surface area (Å²) in [5.74, 6) is 0. The van der Waals surface area contributed by atoms with Gasteiger partial charge >= 0.3 is 0 Å². The summed E-state index contributed by atoms with van der Waals surface area (Å²) in [4.78, 5) is 4.98. The van der Waals surface area contributed by atoms with E-state index in [0.29, 0.717) is 0 Å². The average Bonchev–Trinajstić information content (AvgIpc) is 1.61. The molecule has 0 saturated heterocycles. The van der Waals surface area contributed by atoms with Crippen LogP contribution in [-0.2, 0) is 4.84 Å².